The zero-order chi connectivity index (χ0) is 12.1. The van der Waals surface area contributed by atoms with E-state index in [-0.39, 0.29) is 17.9 Å². The molecule has 1 heterocycles. The molecule has 0 spiro atoms. The molecule has 94 valence electrons. The number of nitrogens with one attached hydrogen (secondary N) is 1. The van der Waals surface area contributed by atoms with Gasteiger partial charge in [-0.15, -0.1) is 0 Å². The summed E-state index contributed by atoms with van der Waals surface area (Å²) < 4.78 is 28.1. The maximum atomic E-state index is 14.0. The van der Waals surface area contributed by atoms with Gasteiger partial charge in [-0.1, -0.05) is 36.8 Å². The molecule has 0 amide bonds. The zero-order valence-electron chi connectivity index (χ0n) is 9.96. The molecule has 1 aromatic carbocycles. The van der Waals surface area contributed by atoms with Gasteiger partial charge in [-0.25, -0.2) is 8.78 Å². The van der Waals surface area contributed by atoms with Crippen LogP contribution in [-0.2, 0) is 5.92 Å². The van der Waals surface area contributed by atoms with Crippen molar-refractivity contribution in [3.8, 4) is 0 Å². The van der Waals surface area contributed by atoms with Crippen molar-refractivity contribution in [1.29, 1.82) is 0 Å². The quantitative estimate of drug-likeness (QED) is 0.850. The lowest BCUT2D eigenvalue weighted by molar-refractivity contribution is -0.0294. The summed E-state index contributed by atoms with van der Waals surface area (Å²) in [6, 6.07) is 8.16. The molecular formula is C14H19F2N. The van der Waals surface area contributed by atoms with Crippen LogP contribution >= 0.6 is 0 Å². The summed E-state index contributed by atoms with van der Waals surface area (Å²) in [5, 5.41) is 3.24. The van der Waals surface area contributed by atoms with Gasteiger partial charge in [0.2, 0.25) is 0 Å². The van der Waals surface area contributed by atoms with Crippen molar-refractivity contribution in [3.05, 3.63) is 35.9 Å². The van der Waals surface area contributed by atoms with Crippen molar-refractivity contribution in [1.82, 2.24) is 5.32 Å². The lowest BCUT2D eigenvalue weighted by atomic mass is 9.92. The van der Waals surface area contributed by atoms with Gasteiger partial charge in [-0.2, -0.15) is 0 Å². The minimum Gasteiger partial charge on any atom is -0.316 e. The monoisotopic (exact) mass is 239 g/mol. The first kappa shape index (κ1) is 12.5. The molecule has 1 atom stereocenters. The normalized spacial score (nSPS) is 22.1. The fourth-order valence-corrected chi connectivity index (χ4v) is 2.43. The van der Waals surface area contributed by atoms with Gasteiger partial charge in [0.25, 0.3) is 5.92 Å². The van der Waals surface area contributed by atoms with Gasteiger partial charge < -0.3 is 5.32 Å². The molecule has 1 aliphatic rings. The van der Waals surface area contributed by atoms with E-state index in [0.29, 0.717) is 0 Å². The number of hydrogen-bond donors (Lipinski definition) is 1. The second-order valence-corrected chi connectivity index (χ2v) is 4.84. The highest BCUT2D eigenvalue weighted by atomic mass is 19.3. The molecule has 0 saturated carbocycles. The van der Waals surface area contributed by atoms with E-state index in [1.54, 1.807) is 18.2 Å². The van der Waals surface area contributed by atoms with Crippen LogP contribution in [0.4, 0.5) is 8.78 Å². The van der Waals surface area contributed by atoms with E-state index in [2.05, 4.69) is 5.32 Å². The van der Waals surface area contributed by atoms with Gasteiger partial charge >= 0.3 is 0 Å². The average molecular weight is 239 g/mol. The maximum absolute atomic E-state index is 14.0. The largest absolute Gasteiger partial charge is 0.316 e. The lowest BCUT2D eigenvalue weighted by Crippen LogP contribution is -2.26. The van der Waals surface area contributed by atoms with Crippen LogP contribution in [0.2, 0.25) is 0 Å². The molecule has 0 bridgehead atoms. The number of halogens is 2. The van der Waals surface area contributed by atoms with E-state index in [4.69, 9.17) is 0 Å². The van der Waals surface area contributed by atoms with E-state index in [0.717, 1.165) is 32.4 Å². The number of rotatable bonds is 3. The Bertz CT molecular complexity index is 329. The van der Waals surface area contributed by atoms with E-state index in [9.17, 15) is 8.78 Å². The van der Waals surface area contributed by atoms with Crippen LogP contribution in [0.25, 0.3) is 0 Å². The molecule has 1 unspecified atom stereocenters. The molecule has 1 N–H and O–H groups in total. The molecule has 2 rings (SSSR count). The molecule has 1 aromatic rings. The second-order valence-electron chi connectivity index (χ2n) is 4.84. The van der Waals surface area contributed by atoms with Crippen molar-refractivity contribution in [3.63, 3.8) is 0 Å². The second kappa shape index (κ2) is 5.58. The van der Waals surface area contributed by atoms with Crippen LogP contribution in [0, 0.1) is 5.92 Å². The molecule has 0 radical (unpaired) electrons. The van der Waals surface area contributed by atoms with E-state index in [1.807, 2.05) is 0 Å². The smallest absolute Gasteiger partial charge is 0.273 e. The molecule has 1 fully saturated rings. The highest BCUT2D eigenvalue weighted by molar-refractivity contribution is 5.19. The van der Waals surface area contributed by atoms with Crippen molar-refractivity contribution < 1.29 is 8.78 Å². The Morgan fingerprint density at radius 3 is 2.71 bits per heavy atom. The zero-order valence-corrected chi connectivity index (χ0v) is 9.96. The number of benzene rings is 1. The molecular weight excluding hydrogens is 220 g/mol. The molecule has 0 aliphatic carbocycles. The topological polar surface area (TPSA) is 12.0 Å². The Morgan fingerprint density at radius 1 is 1.18 bits per heavy atom. The Balaban J connectivity index is 2.01. The minimum absolute atomic E-state index is 0.0377. The van der Waals surface area contributed by atoms with Gasteiger partial charge in [-0.05, 0) is 31.8 Å². The van der Waals surface area contributed by atoms with Crippen LogP contribution in [0.1, 0.15) is 31.2 Å². The molecule has 1 nitrogen and oxygen atoms in total. The average Bonchev–Trinajstić information content (AvgIpc) is 2.58. The van der Waals surface area contributed by atoms with Gasteiger partial charge in [0.05, 0.1) is 0 Å². The SMILES string of the molecule is FC(F)(CC1CCCCNC1)c1ccccc1. The predicted molar refractivity (Wildman–Crippen MR) is 65.2 cm³/mol. The minimum atomic E-state index is -2.70. The third-order valence-corrected chi connectivity index (χ3v) is 3.39. The fraction of sp³-hybridized carbons (Fsp3) is 0.571. The van der Waals surface area contributed by atoms with Crippen LogP contribution in [0.15, 0.2) is 30.3 Å². The van der Waals surface area contributed by atoms with Crippen molar-refractivity contribution in [2.75, 3.05) is 13.1 Å². The molecule has 3 heteroatoms. The van der Waals surface area contributed by atoms with Crippen LogP contribution in [0.3, 0.4) is 0 Å². The van der Waals surface area contributed by atoms with Crippen LogP contribution in [0.5, 0.6) is 0 Å². The summed E-state index contributed by atoms with van der Waals surface area (Å²) in [5.74, 6) is -2.61. The molecule has 17 heavy (non-hydrogen) atoms. The van der Waals surface area contributed by atoms with Crippen LogP contribution < -0.4 is 5.32 Å². The van der Waals surface area contributed by atoms with E-state index < -0.39 is 5.92 Å². The maximum Gasteiger partial charge on any atom is 0.273 e. The highest BCUT2D eigenvalue weighted by Crippen LogP contribution is 2.36. The van der Waals surface area contributed by atoms with Gasteiger partial charge in [0, 0.05) is 12.0 Å². The standard InChI is InChI=1S/C14H19F2N/c15-14(16,13-7-2-1-3-8-13)10-12-6-4-5-9-17-11-12/h1-3,7-8,12,17H,4-6,9-11H2. The van der Waals surface area contributed by atoms with Gasteiger partial charge in [0.15, 0.2) is 0 Å². The first-order chi connectivity index (χ1) is 8.18. The van der Waals surface area contributed by atoms with Gasteiger partial charge in [0.1, 0.15) is 0 Å². The fourth-order valence-electron chi connectivity index (χ4n) is 2.43. The lowest BCUT2D eigenvalue weighted by Gasteiger charge is -2.22. The van der Waals surface area contributed by atoms with Crippen molar-refractivity contribution in [2.45, 2.75) is 31.6 Å². The van der Waals surface area contributed by atoms with Crippen LogP contribution in [-0.4, -0.2) is 13.1 Å². The van der Waals surface area contributed by atoms with Gasteiger partial charge in [-0.3, -0.25) is 0 Å². The third-order valence-electron chi connectivity index (χ3n) is 3.39. The highest BCUT2D eigenvalue weighted by Gasteiger charge is 2.34. The molecule has 0 aromatic heterocycles. The Kier molecular flexibility index (Phi) is 4.11. The van der Waals surface area contributed by atoms with Crippen molar-refractivity contribution in [2.24, 2.45) is 5.92 Å². The third kappa shape index (κ3) is 3.50. The van der Waals surface area contributed by atoms with Crippen molar-refractivity contribution >= 4 is 0 Å². The summed E-state index contributed by atoms with van der Waals surface area (Å²) in [6.45, 7) is 1.69. The Labute approximate surface area is 101 Å². The summed E-state index contributed by atoms with van der Waals surface area (Å²) >= 11 is 0. The van der Waals surface area contributed by atoms with E-state index >= 15 is 0 Å². The summed E-state index contributed by atoms with van der Waals surface area (Å²) in [7, 11) is 0. The summed E-state index contributed by atoms with van der Waals surface area (Å²) in [4.78, 5) is 0. The number of alkyl halides is 2. The summed E-state index contributed by atoms with van der Waals surface area (Å²) in [5.41, 5.74) is 0.143. The number of hydrogen-bond acceptors (Lipinski definition) is 1. The molecule has 1 saturated heterocycles. The molecule has 1 aliphatic heterocycles. The summed E-state index contributed by atoms with van der Waals surface area (Å²) in [6.07, 6.45) is 3.04. The Hall–Kier alpha value is -0.960. The first-order valence-electron chi connectivity index (χ1n) is 6.32. The first-order valence-corrected chi connectivity index (χ1v) is 6.32. The Morgan fingerprint density at radius 2 is 1.94 bits per heavy atom. The van der Waals surface area contributed by atoms with E-state index in [1.165, 1.54) is 12.1 Å². The predicted octanol–water partition coefficient (Wildman–Crippen LogP) is 3.56.